The standard InChI is InChI=1S/C12H12FN/c1-10-6-8-14(9-7-10)12-4-2-11(13)3-5-12/h2-8H,9H2,1H3. The van der Waals surface area contributed by atoms with Crippen molar-refractivity contribution < 1.29 is 4.39 Å². The summed E-state index contributed by atoms with van der Waals surface area (Å²) >= 11 is 0. The third-order valence-corrected chi connectivity index (χ3v) is 2.29. The number of rotatable bonds is 1. The molecule has 72 valence electrons. The summed E-state index contributed by atoms with van der Waals surface area (Å²) in [4.78, 5) is 2.08. The molecule has 0 radical (unpaired) electrons. The molecule has 0 amide bonds. The second kappa shape index (κ2) is 3.66. The summed E-state index contributed by atoms with van der Waals surface area (Å²) in [5.74, 6) is -0.193. The van der Waals surface area contributed by atoms with Crippen molar-refractivity contribution in [3.8, 4) is 0 Å². The van der Waals surface area contributed by atoms with Crippen LogP contribution in [0.4, 0.5) is 10.1 Å². The maximum absolute atomic E-state index is 12.7. The lowest BCUT2D eigenvalue weighted by atomic mass is 10.2. The molecule has 1 aliphatic heterocycles. The molecule has 1 nitrogen and oxygen atoms in total. The Labute approximate surface area is 83.2 Å². The van der Waals surface area contributed by atoms with Gasteiger partial charge in [0.1, 0.15) is 5.82 Å². The Hall–Kier alpha value is -1.57. The first-order valence-corrected chi connectivity index (χ1v) is 4.63. The third-order valence-electron chi connectivity index (χ3n) is 2.29. The Morgan fingerprint density at radius 2 is 1.93 bits per heavy atom. The van der Waals surface area contributed by atoms with Gasteiger partial charge in [-0.15, -0.1) is 0 Å². The van der Waals surface area contributed by atoms with Crippen molar-refractivity contribution in [3.63, 3.8) is 0 Å². The first-order chi connectivity index (χ1) is 6.75. The van der Waals surface area contributed by atoms with Crippen LogP contribution in [0.5, 0.6) is 0 Å². The monoisotopic (exact) mass is 189 g/mol. The van der Waals surface area contributed by atoms with Gasteiger partial charge in [0.15, 0.2) is 0 Å². The van der Waals surface area contributed by atoms with Crippen LogP contribution in [-0.4, -0.2) is 6.54 Å². The molecule has 1 aromatic rings. The van der Waals surface area contributed by atoms with Crippen LogP contribution in [0, 0.1) is 5.82 Å². The molecule has 0 bridgehead atoms. The molecule has 0 unspecified atom stereocenters. The number of benzene rings is 1. The predicted octanol–water partition coefficient (Wildman–Crippen LogP) is 3.11. The number of hydrogen-bond acceptors (Lipinski definition) is 1. The molecule has 0 aromatic heterocycles. The molecule has 2 heteroatoms. The molecule has 1 aliphatic rings. The number of anilines is 1. The number of allylic oxidation sites excluding steroid dienone is 2. The largest absolute Gasteiger partial charge is 0.344 e. The molecular weight excluding hydrogens is 177 g/mol. The number of halogens is 1. The maximum atomic E-state index is 12.7. The van der Waals surface area contributed by atoms with Crippen molar-refractivity contribution in [1.82, 2.24) is 0 Å². The average molecular weight is 189 g/mol. The Kier molecular flexibility index (Phi) is 2.35. The summed E-state index contributed by atoms with van der Waals surface area (Å²) in [5, 5.41) is 0. The molecule has 0 saturated heterocycles. The van der Waals surface area contributed by atoms with Crippen molar-refractivity contribution >= 4 is 5.69 Å². The average Bonchev–Trinajstić information content (AvgIpc) is 2.21. The third kappa shape index (κ3) is 1.84. The van der Waals surface area contributed by atoms with E-state index in [1.165, 1.54) is 17.7 Å². The highest BCUT2D eigenvalue weighted by Gasteiger charge is 2.04. The van der Waals surface area contributed by atoms with Crippen molar-refractivity contribution in [2.24, 2.45) is 0 Å². The highest BCUT2D eigenvalue weighted by atomic mass is 19.1. The van der Waals surface area contributed by atoms with Gasteiger partial charge >= 0.3 is 0 Å². The van der Waals surface area contributed by atoms with E-state index in [2.05, 4.69) is 17.9 Å². The van der Waals surface area contributed by atoms with Gasteiger partial charge in [-0.1, -0.05) is 11.6 Å². The predicted molar refractivity (Wildman–Crippen MR) is 56.6 cm³/mol. The normalized spacial score (nSPS) is 15.6. The first kappa shape index (κ1) is 9.00. The van der Waals surface area contributed by atoms with Gasteiger partial charge in [0.05, 0.1) is 0 Å². The summed E-state index contributed by atoms with van der Waals surface area (Å²) < 4.78 is 12.7. The van der Waals surface area contributed by atoms with E-state index < -0.39 is 0 Å². The van der Waals surface area contributed by atoms with Crippen molar-refractivity contribution in [2.75, 3.05) is 11.4 Å². The molecule has 2 rings (SSSR count). The summed E-state index contributed by atoms with van der Waals surface area (Å²) in [5.41, 5.74) is 2.29. The minimum absolute atomic E-state index is 0.193. The highest BCUT2D eigenvalue weighted by Crippen LogP contribution is 2.18. The van der Waals surface area contributed by atoms with E-state index in [-0.39, 0.29) is 5.82 Å². The zero-order valence-corrected chi connectivity index (χ0v) is 8.07. The Morgan fingerprint density at radius 3 is 2.50 bits per heavy atom. The number of hydrogen-bond donors (Lipinski definition) is 0. The molecule has 1 aromatic carbocycles. The minimum atomic E-state index is -0.193. The van der Waals surface area contributed by atoms with E-state index in [0.29, 0.717) is 0 Å². The van der Waals surface area contributed by atoms with Crippen LogP contribution in [0.25, 0.3) is 0 Å². The van der Waals surface area contributed by atoms with E-state index in [1.54, 1.807) is 12.1 Å². The lowest BCUT2D eigenvalue weighted by Gasteiger charge is -2.21. The van der Waals surface area contributed by atoms with Crippen LogP contribution in [0.15, 0.2) is 48.2 Å². The lowest BCUT2D eigenvalue weighted by molar-refractivity contribution is 0.628. The minimum Gasteiger partial charge on any atom is -0.344 e. The molecule has 0 fully saturated rings. The first-order valence-electron chi connectivity index (χ1n) is 4.63. The second-order valence-electron chi connectivity index (χ2n) is 3.39. The number of nitrogens with zero attached hydrogens (tertiary/aromatic N) is 1. The van der Waals surface area contributed by atoms with Gasteiger partial charge in [-0.25, -0.2) is 4.39 Å². The Balaban J connectivity index is 2.18. The second-order valence-corrected chi connectivity index (χ2v) is 3.39. The van der Waals surface area contributed by atoms with Gasteiger partial charge in [0, 0.05) is 18.4 Å². The van der Waals surface area contributed by atoms with Crippen LogP contribution < -0.4 is 4.90 Å². The van der Waals surface area contributed by atoms with Crippen molar-refractivity contribution in [1.29, 1.82) is 0 Å². The Bertz CT molecular complexity index is 376. The van der Waals surface area contributed by atoms with Gasteiger partial charge in [-0.05, 0) is 37.3 Å². The summed E-state index contributed by atoms with van der Waals surface area (Å²) in [6, 6.07) is 6.53. The fourth-order valence-corrected chi connectivity index (χ4v) is 1.40. The maximum Gasteiger partial charge on any atom is 0.123 e. The van der Waals surface area contributed by atoms with E-state index in [0.717, 1.165) is 12.2 Å². The molecule has 0 N–H and O–H groups in total. The van der Waals surface area contributed by atoms with Gasteiger partial charge in [-0.3, -0.25) is 0 Å². The lowest BCUT2D eigenvalue weighted by Crippen LogP contribution is -2.18. The van der Waals surface area contributed by atoms with E-state index in [1.807, 2.05) is 12.3 Å². The fourth-order valence-electron chi connectivity index (χ4n) is 1.40. The van der Waals surface area contributed by atoms with Gasteiger partial charge in [-0.2, -0.15) is 0 Å². The quantitative estimate of drug-likeness (QED) is 0.656. The van der Waals surface area contributed by atoms with Gasteiger partial charge < -0.3 is 4.90 Å². The van der Waals surface area contributed by atoms with Crippen LogP contribution in [0.3, 0.4) is 0 Å². The summed E-state index contributed by atoms with van der Waals surface area (Å²) in [6.45, 7) is 2.92. The zero-order chi connectivity index (χ0) is 9.97. The van der Waals surface area contributed by atoms with Crippen LogP contribution in [0.1, 0.15) is 6.92 Å². The van der Waals surface area contributed by atoms with Crippen LogP contribution in [-0.2, 0) is 0 Å². The topological polar surface area (TPSA) is 3.24 Å². The molecule has 1 heterocycles. The fraction of sp³-hybridized carbons (Fsp3) is 0.167. The zero-order valence-electron chi connectivity index (χ0n) is 8.07. The van der Waals surface area contributed by atoms with E-state index in [4.69, 9.17) is 0 Å². The molecular formula is C12H12FN. The van der Waals surface area contributed by atoms with Gasteiger partial charge in [0.2, 0.25) is 0 Å². The SMILES string of the molecule is CC1=CCN(c2ccc(F)cc2)C=C1. The van der Waals surface area contributed by atoms with Crippen LogP contribution >= 0.6 is 0 Å². The van der Waals surface area contributed by atoms with Gasteiger partial charge in [0.25, 0.3) is 0 Å². The summed E-state index contributed by atoms with van der Waals surface area (Å²) in [6.07, 6.45) is 6.21. The van der Waals surface area contributed by atoms with E-state index >= 15 is 0 Å². The van der Waals surface area contributed by atoms with Crippen LogP contribution in [0.2, 0.25) is 0 Å². The van der Waals surface area contributed by atoms with Crippen molar-refractivity contribution in [3.05, 3.63) is 54.0 Å². The summed E-state index contributed by atoms with van der Waals surface area (Å²) in [7, 11) is 0. The molecule has 14 heavy (non-hydrogen) atoms. The molecule has 0 atom stereocenters. The smallest absolute Gasteiger partial charge is 0.123 e. The Morgan fingerprint density at radius 1 is 1.21 bits per heavy atom. The molecule has 0 aliphatic carbocycles. The molecule has 0 spiro atoms. The highest BCUT2D eigenvalue weighted by molar-refractivity contribution is 5.52. The van der Waals surface area contributed by atoms with E-state index in [9.17, 15) is 4.39 Å². The molecule has 0 saturated carbocycles. The van der Waals surface area contributed by atoms with Crippen molar-refractivity contribution in [2.45, 2.75) is 6.92 Å².